The van der Waals surface area contributed by atoms with Gasteiger partial charge in [0.25, 0.3) is 0 Å². The summed E-state index contributed by atoms with van der Waals surface area (Å²) in [6, 6.07) is 8.45. The molecule has 0 amide bonds. The molecule has 5 nitrogen and oxygen atoms in total. The highest BCUT2D eigenvalue weighted by Crippen LogP contribution is 2.38. The Morgan fingerprint density at radius 3 is 2.52 bits per heavy atom. The van der Waals surface area contributed by atoms with Crippen LogP contribution >= 0.6 is 0 Å². The van der Waals surface area contributed by atoms with Crippen molar-refractivity contribution < 1.29 is 14.1 Å². The Balaban J connectivity index is 2.56. The average Bonchev–Trinajstić information content (AvgIpc) is 2.42. The van der Waals surface area contributed by atoms with Gasteiger partial charge in [-0.3, -0.25) is 10.1 Å². The lowest BCUT2D eigenvalue weighted by atomic mass is 10.1. The Labute approximate surface area is 121 Å². The molecule has 110 valence electrons. The van der Waals surface area contributed by atoms with Crippen molar-refractivity contribution in [3.05, 3.63) is 63.5 Å². The molecule has 2 N–H and O–H groups in total. The van der Waals surface area contributed by atoms with Crippen LogP contribution in [-0.4, -0.2) is 4.92 Å². The van der Waals surface area contributed by atoms with Gasteiger partial charge in [-0.2, -0.15) is 0 Å². The van der Waals surface area contributed by atoms with Crippen molar-refractivity contribution in [1.29, 1.82) is 0 Å². The molecule has 2 aromatic carbocycles. The predicted octanol–water partition coefficient (Wildman–Crippen LogP) is 3.85. The van der Waals surface area contributed by atoms with Crippen molar-refractivity contribution in [1.82, 2.24) is 0 Å². The van der Waals surface area contributed by atoms with E-state index in [0.29, 0.717) is 11.1 Å². The van der Waals surface area contributed by atoms with Crippen LogP contribution in [-0.2, 0) is 0 Å². The number of rotatable bonds is 4. The molecule has 0 fully saturated rings. The Morgan fingerprint density at radius 1 is 1.24 bits per heavy atom. The Morgan fingerprint density at radius 2 is 1.90 bits per heavy atom. The van der Waals surface area contributed by atoms with Crippen LogP contribution in [0.25, 0.3) is 0 Å². The molecule has 0 bridgehead atoms. The van der Waals surface area contributed by atoms with E-state index in [4.69, 9.17) is 10.5 Å². The van der Waals surface area contributed by atoms with Gasteiger partial charge in [-0.15, -0.1) is 0 Å². The van der Waals surface area contributed by atoms with Gasteiger partial charge in [0, 0.05) is 17.7 Å². The van der Waals surface area contributed by atoms with Crippen molar-refractivity contribution in [3.8, 4) is 11.5 Å². The minimum Gasteiger partial charge on any atom is -0.446 e. The molecule has 0 spiro atoms. The summed E-state index contributed by atoms with van der Waals surface area (Å²) >= 11 is 0. The molecule has 0 saturated carbocycles. The van der Waals surface area contributed by atoms with Gasteiger partial charge in [-0.05, 0) is 25.5 Å². The molecule has 6 heteroatoms. The number of halogens is 1. The van der Waals surface area contributed by atoms with Crippen LogP contribution in [0.15, 0.2) is 36.4 Å². The normalized spacial score (nSPS) is 12.0. The van der Waals surface area contributed by atoms with Gasteiger partial charge >= 0.3 is 5.69 Å². The van der Waals surface area contributed by atoms with Crippen LogP contribution in [0.4, 0.5) is 10.1 Å². The van der Waals surface area contributed by atoms with E-state index in [9.17, 15) is 14.5 Å². The fourth-order valence-corrected chi connectivity index (χ4v) is 2.01. The maximum absolute atomic E-state index is 14.0. The van der Waals surface area contributed by atoms with E-state index in [-0.39, 0.29) is 17.2 Å². The second kappa shape index (κ2) is 5.88. The Kier molecular flexibility index (Phi) is 4.18. The summed E-state index contributed by atoms with van der Waals surface area (Å²) in [6.07, 6.45) is 0. The van der Waals surface area contributed by atoms with Gasteiger partial charge in [0.1, 0.15) is 0 Å². The maximum Gasteiger partial charge on any atom is 0.311 e. The minimum atomic E-state index is -0.609. The molecule has 0 radical (unpaired) electrons. The zero-order valence-corrected chi connectivity index (χ0v) is 11.7. The Hall–Kier alpha value is -2.47. The number of hydrogen-bond donors (Lipinski definition) is 1. The zero-order chi connectivity index (χ0) is 15.6. The molecule has 0 aliphatic heterocycles. The summed E-state index contributed by atoms with van der Waals surface area (Å²) in [4.78, 5) is 10.5. The van der Waals surface area contributed by atoms with Crippen LogP contribution in [0.5, 0.6) is 11.5 Å². The molecule has 2 aromatic rings. The number of ether oxygens (including phenoxy) is 1. The maximum atomic E-state index is 14.0. The summed E-state index contributed by atoms with van der Waals surface area (Å²) in [5, 5.41) is 11.1. The highest BCUT2D eigenvalue weighted by molar-refractivity contribution is 5.54. The van der Waals surface area contributed by atoms with Crippen molar-refractivity contribution in [2.75, 3.05) is 0 Å². The minimum absolute atomic E-state index is 0.0227. The fourth-order valence-electron chi connectivity index (χ4n) is 2.01. The van der Waals surface area contributed by atoms with E-state index in [1.165, 1.54) is 18.2 Å². The first kappa shape index (κ1) is 14.9. The topological polar surface area (TPSA) is 78.4 Å². The third-order valence-corrected chi connectivity index (χ3v) is 3.08. The van der Waals surface area contributed by atoms with Crippen molar-refractivity contribution in [3.63, 3.8) is 0 Å². The highest BCUT2D eigenvalue weighted by Gasteiger charge is 2.21. The molecular formula is C15H15FN2O3. The number of para-hydroxylation sites is 2. The van der Waals surface area contributed by atoms with Gasteiger partial charge in [-0.1, -0.05) is 24.3 Å². The first-order chi connectivity index (χ1) is 9.91. The molecule has 0 aliphatic carbocycles. The smallest absolute Gasteiger partial charge is 0.311 e. The number of nitro benzene ring substituents is 1. The molecule has 0 aliphatic rings. The van der Waals surface area contributed by atoms with Gasteiger partial charge in [0.15, 0.2) is 11.6 Å². The number of nitro groups is 1. The van der Waals surface area contributed by atoms with Gasteiger partial charge in [0.2, 0.25) is 5.75 Å². The number of aryl methyl sites for hydroxylation is 1. The van der Waals surface area contributed by atoms with Crippen molar-refractivity contribution in [2.45, 2.75) is 19.9 Å². The number of benzene rings is 2. The van der Waals surface area contributed by atoms with E-state index in [2.05, 4.69) is 0 Å². The summed E-state index contributed by atoms with van der Waals surface area (Å²) in [5.41, 5.74) is 6.57. The quantitative estimate of drug-likeness (QED) is 0.685. The summed E-state index contributed by atoms with van der Waals surface area (Å²) < 4.78 is 19.5. The predicted molar refractivity (Wildman–Crippen MR) is 76.9 cm³/mol. The van der Waals surface area contributed by atoms with E-state index < -0.39 is 16.8 Å². The van der Waals surface area contributed by atoms with Crippen LogP contribution in [0.1, 0.15) is 24.1 Å². The van der Waals surface area contributed by atoms with E-state index in [0.717, 1.165) is 0 Å². The molecule has 0 heterocycles. The van der Waals surface area contributed by atoms with Gasteiger partial charge in [-0.25, -0.2) is 4.39 Å². The summed E-state index contributed by atoms with van der Waals surface area (Å²) in [5.74, 6) is -0.665. The molecular weight excluding hydrogens is 275 g/mol. The largest absolute Gasteiger partial charge is 0.446 e. The lowest BCUT2D eigenvalue weighted by Gasteiger charge is -2.15. The third kappa shape index (κ3) is 3.00. The zero-order valence-electron chi connectivity index (χ0n) is 11.7. The van der Waals surface area contributed by atoms with Crippen LogP contribution < -0.4 is 10.5 Å². The number of nitrogens with zero attached hydrogens (tertiary/aromatic N) is 1. The molecule has 2 rings (SSSR count). The lowest BCUT2D eigenvalue weighted by Crippen LogP contribution is -2.08. The molecule has 21 heavy (non-hydrogen) atoms. The van der Waals surface area contributed by atoms with Gasteiger partial charge in [0.05, 0.1) is 4.92 Å². The van der Waals surface area contributed by atoms with E-state index >= 15 is 0 Å². The lowest BCUT2D eigenvalue weighted by molar-refractivity contribution is -0.385. The average molecular weight is 290 g/mol. The van der Waals surface area contributed by atoms with Crippen molar-refractivity contribution >= 4 is 5.69 Å². The van der Waals surface area contributed by atoms with Crippen LogP contribution in [0.2, 0.25) is 0 Å². The van der Waals surface area contributed by atoms with Crippen molar-refractivity contribution in [2.24, 2.45) is 5.73 Å². The molecule has 0 aromatic heterocycles. The van der Waals surface area contributed by atoms with Crippen LogP contribution in [0, 0.1) is 22.9 Å². The molecule has 1 atom stereocenters. The standard InChI is InChI=1S/C15H15FN2O3/c1-9-5-3-8-13(18(19)20)14(9)21-15-11(10(2)17)6-4-7-12(15)16/h3-8,10H,17H2,1-2H3/t10-/m0/s1. The molecule has 0 saturated heterocycles. The third-order valence-electron chi connectivity index (χ3n) is 3.08. The second-order valence-electron chi connectivity index (χ2n) is 4.73. The summed E-state index contributed by atoms with van der Waals surface area (Å²) in [7, 11) is 0. The van der Waals surface area contributed by atoms with Crippen LogP contribution in [0.3, 0.4) is 0 Å². The number of nitrogens with two attached hydrogens (primary N) is 1. The first-order valence-electron chi connectivity index (χ1n) is 6.37. The van der Waals surface area contributed by atoms with E-state index in [1.54, 1.807) is 32.0 Å². The van der Waals surface area contributed by atoms with Gasteiger partial charge < -0.3 is 10.5 Å². The van der Waals surface area contributed by atoms with E-state index in [1.807, 2.05) is 0 Å². The Bertz CT molecular complexity index is 687. The fraction of sp³-hybridized carbons (Fsp3) is 0.200. The first-order valence-corrected chi connectivity index (χ1v) is 6.37. The second-order valence-corrected chi connectivity index (χ2v) is 4.73. The molecule has 0 unspecified atom stereocenters. The SMILES string of the molecule is Cc1cccc([N+](=O)[O-])c1Oc1c(F)cccc1[C@H](C)N. The summed E-state index contributed by atoms with van der Waals surface area (Å²) in [6.45, 7) is 3.35. The monoisotopic (exact) mass is 290 g/mol. The highest BCUT2D eigenvalue weighted by atomic mass is 19.1. The number of hydrogen-bond acceptors (Lipinski definition) is 4.